The first-order valence-corrected chi connectivity index (χ1v) is 6.03. The molecule has 0 saturated heterocycles. The van der Waals surface area contributed by atoms with Crippen molar-refractivity contribution in [3.05, 3.63) is 21.7 Å². The van der Waals surface area contributed by atoms with Gasteiger partial charge in [-0.1, -0.05) is 30.1 Å². The summed E-state index contributed by atoms with van der Waals surface area (Å²) in [5, 5.41) is 17.5. The third kappa shape index (κ3) is 3.60. The summed E-state index contributed by atoms with van der Waals surface area (Å²) >= 11 is 11.8. The van der Waals surface area contributed by atoms with E-state index in [9.17, 15) is 4.79 Å². The van der Waals surface area contributed by atoms with Crippen molar-refractivity contribution >= 4 is 40.8 Å². The molecule has 7 heteroatoms. The first kappa shape index (κ1) is 15.3. The summed E-state index contributed by atoms with van der Waals surface area (Å²) in [6.45, 7) is 3.66. The first-order valence-electron chi connectivity index (χ1n) is 5.27. The summed E-state index contributed by atoms with van der Waals surface area (Å²) in [5.41, 5.74) is 1.05. The average Bonchev–Trinajstić information content (AvgIpc) is 2.36. The highest BCUT2D eigenvalue weighted by Crippen LogP contribution is 2.42. The number of rotatable bonds is 3. The molecule has 5 nitrogen and oxygen atoms in total. The number of carbonyl (C=O) groups is 1. The van der Waals surface area contributed by atoms with Gasteiger partial charge in [0, 0.05) is 5.71 Å². The maximum absolute atomic E-state index is 10.6. The smallest absolute Gasteiger partial charge is 0.449 e. The van der Waals surface area contributed by atoms with Gasteiger partial charge in [-0.25, -0.2) is 4.79 Å². The lowest BCUT2D eigenvalue weighted by Crippen LogP contribution is -2.04. The van der Waals surface area contributed by atoms with Crippen LogP contribution in [-0.2, 0) is 0 Å². The van der Waals surface area contributed by atoms with Gasteiger partial charge in [-0.05, 0) is 19.4 Å². The highest BCUT2D eigenvalue weighted by Gasteiger charge is 2.19. The molecule has 1 rings (SSSR count). The largest absolute Gasteiger partial charge is 0.511 e. The van der Waals surface area contributed by atoms with Gasteiger partial charge in [-0.15, -0.1) is 0 Å². The summed E-state index contributed by atoms with van der Waals surface area (Å²) in [4.78, 5) is 14.8. The summed E-state index contributed by atoms with van der Waals surface area (Å²) < 4.78 is 4.51. The molecule has 0 atom stereocenters. The Kier molecular flexibility index (Phi) is 5.16. The van der Waals surface area contributed by atoms with Gasteiger partial charge in [0.15, 0.2) is 5.75 Å². The van der Waals surface area contributed by atoms with Crippen molar-refractivity contribution in [3.8, 4) is 11.8 Å². The highest BCUT2D eigenvalue weighted by atomic mass is 35.5. The predicted molar refractivity (Wildman–Crippen MR) is 72.9 cm³/mol. The zero-order chi connectivity index (χ0) is 14.6. The maximum atomic E-state index is 10.6. The van der Waals surface area contributed by atoms with Crippen molar-refractivity contribution in [2.75, 3.05) is 0 Å². The van der Waals surface area contributed by atoms with Crippen LogP contribution in [0.5, 0.6) is 5.75 Å². The molecule has 0 aliphatic heterocycles. The molecule has 1 aromatic carbocycles. The number of hydrogen-bond acceptors (Lipinski definition) is 4. The minimum absolute atomic E-state index is 0.0583. The molecule has 0 amide bonds. The van der Waals surface area contributed by atoms with Crippen LogP contribution in [-0.4, -0.2) is 17.0 Å². The van der Waals surface area contributed by atoms with Gasteiger partial charge in [-0.2, -0.15) is 5.26 Å². The Balaban J connectivity index is 3.52. The van der Waals surface area contributed by atoms with E-state index < -0.39 is 6.16 Å². The Bertz CT molecular complexity index is 592. The molecule has 0 aromatic heterocycles. The molecule has 0 bridgehead atoms. The van der Waals surface area contributed by atoms with E-state index in [2.05, 4.69) is 9.73 Å². The van der Waals surface area contributed by atoms with E-state index in [0.717, 1.165) is 5.71 Å². The van der Waals surface area contributed by atoms with Crippen molar-refractivity contribution in [1.29, 1.82) is 5.26 Å². The van der Waals surface area contributed by atoms with Crippen LogP contribution in [0, 0.1) is 11.3 Å². The molecule has 0 fully saturated rings. The van der Waals surface area contributed by atoms with Crippen LogP contribution >= 0.6 is 23.2 Å². The molecular weight excluding hydrogens is 291 g/mol. The second-order valence-corrected chi connectivity index (χ2v) is 4.36. The van der Waals surface area contributed by atoms with Crippen LogP contribution in [0.25, 0.3) is 0 Å². The molecule has 0 spiro atoms. The molecule has 19 heavy (non-hydrogen) atoms. The van der Waals surface area contributed by atoms with E-state index >= 15 is 0 Å². The van der Waals surface area contributed by atoms with E-state index in [1.54, 1.807) is 6.92 Å². The van der Waals surface area contributed by atoms with Crippen molar-refractivity contribution in [2.24, 2.45) is 4.99 Å². The van der Waals surface area contributed by atoms with Gasteiger partial charge in [0.05, 0.1) is 10.6 Å². The maximum Gasteiger partial charge on any atom is 0.511 e. The second-order valence-electron chi connectivity index (χ2n) is 3.58. The summed E-state index contributed by atoms with van der Waals surface area (Å²) in [5.74, 6) is -0.225. The fourth-order valence-electron chi connectivity index (χ4n) is 1.24. The summed E-state index contributed by atoms with van der Waals surface area (Å²) in [7, 11) is 0. The second kappa shape index (κ2) is 6.41. The van der Waals surface area contributed by atoms with Crippen molar-refractivity contribution in [3.63, 3.8) is 0 Å². The van der Waals surface area contributed by atoms with Crippen molar-refractivity contribution in [1.82, 2.24) is 0 Å². The molecule has 0 unspecified atom stereocenters. The Labute approximate surface area is 120 Å². The van der Waals surface area contributed by atoms with E-state index in [-0.39, 0.29) is 27.0 Å². The third-order valence-corrected chi connectivity index (χ3v) is 2.91. The SMILES string of the molecule is CCC(C)=Nc1c(C#N)cc(Cl)c(OC(=O)O)c1Cl. The average molecular weight is 301 g/mol. The van der Waals surface area contributed by atoms with Crippen LogP contribution < -0.4 is 4.74 Å². The number of carboxylic acid groups (broad SMARTS) is 1. The Morgan fingerprint density at radius 1 is 1.58 bits per heavy atom. The first-order chi connectivity index (χ1) is 8.90. The minimum atomic E-state index is -1.55. The van der Waals surface area contributed by atoms with Gasteiger partial charge >= 0.3 is 6.16 Å². The van der Waals surface area contributed by atoms with E-state index in [4.69, 9.17) is 33.6 Å². The lowest BCUT2D eigenvalue weighted by molar-refractivity contribution is 0.144. The molecule has 0 saturated carbocycles. The van der Waals surface area contributed by atoms with Crippen molar-refractivity contribution in [2.45, 2.75) is 20.3 Å². The molecule has 0 aliphatic rings. The van der Waals surface area contributed by atoms with Gasteiger partial charge < -0.3 is 9.84 Å². The lowest BCUT2D eigenvalue weighted by Gasteiger charge is -2.09. The molecule has 100 valence electrons. The Morgan fingerprint density at radius 2 is 2.21 bits per heavy atom. The van der Waals surface area contributed by atoms with Crippen molar-refractivity contribution < 1.29 is 14.6 Å². The van der Waals surface area contributed by atoms with E-state index in [1.807, 2.05) is 13.0 Å². The van der Waals surface area contributed by atoms with Crippen LogP contribution in [0.1, 0.15) is 25.8 Å². The number of nitrogens with zero attached hydrogens (tertiary/aromatic N) is 2. The zero-order valence-corrected chi connectivity index (χ0v) is 11.7. The van der Waals surface area contributed by atoms with Gasteiger partial charge in [0.2, 0.25) is 0 Å². The number of benzene rings is 1. The lowest BCUT2D eigenvalue weighted by atomic mass is 10.1. The number of halogens is 2. The normalized spacial score (nSPS) is 11.0. The standard InChI is InChI=1S/C12H10Cl2N2O3/c1-3-6(2)16-10-7(5-15)4-8(13)11(9(10)14)19-12(17)18/h4H,3H2,1-2H3,(H,17,18). The fourth-order valence-corrected chi connectivity index (χ4v) is 1.81. The zero-order valence-electron chi connectivity index (χ0n) is 10.2. The van der Waals surface area contributed by atoms with Crippen LogP contribution in [0.4, 0.5) is 10.5 Å². The topological polar surface area (TPSA) is 82.7 Å². The number of ether oxygens (including phenoxy) is 1. The molecule has 0 aliphatic carbocycles. The van der Waals surface area contributed by atoms with E-state index in [0.29, 0.717) is 6.42 Å². The van der Waals surface area contributed by atoms with Crippen LogP contribution in [0.3, 0.4) is 0 Å². The molecule has 1 aromatic rings. The molecule has 1 N–H and O–H groups in total. The number of nitriles is 1. The summed E-state index contributed by atoms with van der Waals surface area (Å²) in [6.07, 6.45) is -0.880. The Hall–Kier alpha value is -1.77. The number of hydrogen-bond donors (Lipinski definition) is 1. The molecular formula is C12H10Cl2N2O3. The van der Waals surface area contributed by atoms with E-state index in [1.165, 1.54) is 6.07 Å². The fraction of sp³-hybridized carbons (Fsp3) is 0.250. The van der Waals surface area contributed by atoms with Gasteiger partial charge in [0.25, 0.3) is 0 Å². The minimum Gasteiger partial charge on any atom is -0.449 e. The summed E-state index contributed by atoms with van der Waals surface area (Å²) in [6, 6.07) is 3.18. The molecule has 0 radical (unpaired) electrons. The van der Waals surface area contributed by atoms with Crippen LogP contribution in [0.15, 0.2) is 11.1 Å². The Morgan fingerprint density at radius 3 is 2.68 bits per heavy atom. The highest BCUT2D eigenvalue weighted by molar-refractivity contribution is 6.39. The predicted octanol–water partition coefficient (Wildman–Crippen LogP) is 4.42. The van der Waals surface area contributed by atoms with Crippen LogP contribution in [0.2, 0.25) is 10.0 Å². The third-order valence-electron chi connectivity index (χ3n) is 2.27. The number of aliphatic imine (C=N–C) groups is 1. The van der Waals surface area contributed by atoms with Gasteiger partial charge in [0.1, 0.15) is 16.8 Å². The monoisotopic (exact) mass is 300 g/mol. The van der Waals surface area contributed by atoms with Gasteiger partial charge in [-0.3, -0.25) is 4.99 Å². The quantitative estimate of drug-likeness (QED) is 0.508. The molecule has 0 heterocycles.